The third-order valence-electron chi connectivity index (χ3n) is 1.62. The Morgan fingerprint density at radius 2 is 1.41 bits per heavy atom. The predicted molar refractivity (Wildman–Crippen MR) is 83.5 cm³/mol. The molecule has 0 saturated carbocycles. The summed E-state index contributed by atoms with van der Waals surface area (Å²) >= 11 is 3.83. The number of oxime groups is 1. The molecule has 0 amide bonds. The van der Waals surface area contributed by atoms with E-state index < -0.39 is 0 Å². The Morgan fingerprint density at radius 1 is 1.00 bits per heavy atom. The summed E-state index contributed by atoms with van der Waals surface area (Å²) in [5, 5.41) is 5.59. The lowest BCUT2D eigenvalue weighted by atomic mass is 10.2. The largest absolute Gasteiger partial charge is 0.390 e. The lowest BCUT2D eigenvalue weighted by molar-refractivity contribution is 0.000833. The van der Waals surface area contributed by atoms with Crippen LogP contribution in [0.1, 0.15) is 48.5 Å². The fourth-order valence-electron chi connectivity index (χ4n) is 0.822. The van der Waals surface area contributed by atoms with Crippen molar-refractivity contribution in [2.45, 2.75) is 64.6 Å². The molecule has 0 heterocycles. The minimum Gasteiger partial charge on any atom is -0.390 e. The van der Waals surface area contributed by atoms with Crippen molar-refractivity contribution in [2.75, 3.05) is 11.5 Å². The van der Waals surface area contributed by atoms with Crippen molar-refractivity contribution >= 4 is 29.2 Å². The molecule has 0 radical (unpaired) electrons. The Morgan fingerprint density at radius 3 is 1.71 bits per heavy atom. The van der Waals surface area contributed by atoms with Gasteiger partial charge in [0.2, 0.25) is 0 Å². The van der Waals surface area contributed by atoms with Crippen LogP contribution in [0.4, 0.5) is 0 Å². The van der Waals surface area contributed by atoms with Crippen LogP contribution in [0, 0.1) is 0 Å². The Kier molecular flexibility index (Phi) is 8.39. The molecular weight excluding hydrogens is 250 g/mol. The van der Waals surface area contributed by atoms with Gasteiger partial charge in [-0.05, 0) is 31.3 Å². The zero-order valence-corrected chi connectivity index (χ0v) is 13.9. The average molecular weight is 277 g/mol. The third-order valence-corrected chi connectivity index (χ3v) is 3.95. The van der Waals surface area contributed by atoms with Crippen LogP contribution in [-0.2, 0) is 4.84 Å². The van der Waals surface area contributed by atoms with Gasteiger partial charge in [-0.25, -0.2) is 0 Å². The van der Waals surface area contributed by atoms with Crippen LogP contribution >= 0.6 is 23.5 Å². The van der Waals surface area contributed by atoms with Crippen LogP contribution in [0.15, 0.2) is 5.16 Å². The van der Waals surface area contributed by atoms with Gasteiger partial charge in [-0.2, -0.15) is 23.5 Å². The van der Waals surface area contributed by atoms with Gasteiger partial charge in [0.1, 0.15) is 5.60 Å². The number of hydrogen-bond donors (Lipinski definition) is 0. The highest BCUT2D eigenvalue weighted by molar-refractivity contribution is 8.02. The van der Waals surface area contributed by atoms with Crippen LogP contribution in [0.2, 0.25) is 0 Å². The number of thioether (sulfide) groups is 2. The summed E-state index contributed by atoms with van der Waals surface area (Å²) in [5.41, 5.74) is 0.952. The third kappa shape index (κ3) is 12.4. The standard InChI is InChI=1S/C13H27NOS2/c1-10(2)16-8-12(9-17-11(3)4)14-15-13(5,6)7/h10-11H,8-9H2,1-7H3. The van der Waals surface area contributed by atoms with Gasteiger partial charge in [0.15, 0.2) is 0 Å². The van der Waals surface area contributed by atoms with Crippen LogP contribution in [-0.4, -0.2) is 33.3 Å². The van der Waals surface area contributed by atoms with Crippen molar-refractivity contribution in [2.24, 2.45) is 5.16 Å². The maximum atomic E-state index is 5.52. The highest BCUT2D eigenvalue weighted by atomic mass is 32.2. The molecule has 0 aromatic rings. The van der Waals surface area contributed by atoms with E-state index in [0.29, 0.717) is 10.5 Å². The summed E-state index contributed by atoms with van der Waals surface area (Å²) in [6.07, 6.45) is 0. The first-order valence-corrected chi connectivity index (χ1v) is 8.27. The predicted octanol–water partition coefficient (Wildman–Crippen LogP) is 4.44. The summed E-state index contributed by atoms with van der Waals surface area (Å²) in [6, 6.07) is 0. The van der Waals surface area contributed by atoms with Gasteiger partial charge in [-0.3, -0.25) is 0 Å². The molecule has 0 unspecified atom stereocenters. The Labute approximate surface area is 115 Å². The first-order valence-electron chi connectivity index (χ1n) is 6.18. The molecule has 0 rings (SSSR count). The van der Waals surface area contributed by atoms with Crippen LogP contribution in [0.5, 0.6) is 0 Å². The van der Waals surface area contributed by atoms with E-state index in [0.717, 1.165) is 17.2 Å². The molecule has 0 N–H and O–H groups in total. The van der Waals surface area contributed by atoms with Crippen molar-refractivity contribution < 1.29 is 4.84 Å². The average Bonchev–Trinajstić information content (AvgIpc) is 2.14. The number of rotatable bonds is 7. The number of hydrogen-bond acceptors (Lipinski definition) is 4. The molecule has 0 aliphatic carbocycles. The normalized spacial score (nSPS) is 12.1. The second-order valence-corrected chi connectivity index (χ2v) is 8.71. The monoisotopic (exact) mass is 277 g/mol. The van der Waals surface area contributed by atoms with Gasteiger partial charge in [0.05, 0.1) is 5.71 Å². The molecule has 102 valence electrons. The summed E-state index contributed by atoms with van der Waals surface area (Å²) < 4.78 is 0. The molecule has 17 heavy (non-hydrogen) atoms. The fraction of sp³-hybridized carbons (Fsp3) is 0.923. The number of nitrogens with zero attached hydrogens (tertiary/aromatic N) is 1. The van der Waals surface area contributed by atoms with E-state index in [4.69, 9.17) is 4.84 Å². The second kappa shape index (κ2) is 8.30. The molecule has 0 bridgehead atoms. The Bertz CT molecular complexity index is 218. The van der Waals surface area contributed by atoms with Gasteiger partial charge in [0.25, 0.3) is 0 Å². The Balaban J connectivity index is 4.28. The van der Waals surface area contributed by atoms with Crippen molar-refractivity contribution in [1.29, 1.82) is 0 Å². The highest BCUT2D eigenvalue weighted by Gasteiger charge is 2.12. The molecule has 0 saturated heterocycles. The van der Waals surface area contributed by atoms with E-state index in [2.05, 4.69) is 32.9 Å². The topological polar surface area (TPSA) is 21.6 Å². The van der Waals surface area contributed by atoms with Crippen molar-refractivity contribution in [3.63, 3.8) is 0 Å². The molecule has 4 heteroatoms. The van der Waals surface area contributed by atoms with Crippen molar-refractivity contribution in [3.8, 4) is 0 Å². The SMILES string of the molecule is CC(C)SCC(CSC(C)C)=NOC(C)(C)C. The maximum absolute atomic E-state index is 5.52. The maximum Gasteiger partial charge on any atom is 0.129 e. The van der Waals surface area contributed by atoms with Crippen molar-refractivity contribution in [3.05, 3.63) is 0 Å². The molecule has 0 aromatic carbocycles. The lowest BCUT2D eigenvalue weighted by Gasteiger charge is -2.17. The Hall–Kier alpha value is 0.170. The van der Waals surface area contributed by atoms with Crippen LogP contribution < -0.4 is 0 Å². The summed E-state index contributed by atoms with van der Waals surface area (Å²) in [7, 11) is 0. The molecule has 0 atom stereocenters. The molecule has 0 aliphatic heterocycles. The fourth-order valence-corrected chi connectivity index (χ4v) is 2.31. The highest BCUT2D eigenvalue weighted by Crippen LogP contribution is 2.16. The summed E-state index contributed by atoms with van der Waals surface area (Å²) in [5.74, 6) is 1.93. The smallest absolute Gasteiger partial charge is 0.129 e. The molecule has 0 fully saturated rings. The van der Waals surface area contributed by atoms with Crippen LogP contribution in [0.25, 0.3) is 0 Å². The second-order valence-electron chi connectivity index (χ2n) is 5.58. The van der Waals surface area contributed by atoms with E-state index in [1.165, 1.54) is 0 Å². The van der Waals surface area contributed by atoms with Gasteiger partial charge in [0, 0.05) is 11.5 Å². The van der Waals surface area contributed by atoms with E-state index >= 15 is 0 Å². The van der Waals surface area contributed by atoms with E-state index in [9.17, 15) is 0 Å². The quantitative estimate of drug-likeness (QED) is 0.507. The van der Waals surface area contributed by atoms with E-state index in [1.54, 1.807) is 0 Å². The first-order chi connectivity index (χ1) is 7.70. The van der Waals surface area contributed by atoms with E-state index in [1.807, 2.05) is 44.3 Å². The molecule has 2 nitrogen and oxygen atoms in total. The van der Waals surface area contributed by atoms with Gasteiger partial charge >= 0.3 is 0 Å². The van der Waals surface area contributed by atoms with Crippen molar-refractivity contribution in [1.82, 2.24) is 0 Å². The summed E-state index contributed by atoms with van der Waals surface area (Å²) in [4.78, 5) is 5.52. The molecule has 0 aromatic heterocycles. The van der Waals surface area contributed by atoms with Gasteiger partial charge < -0.3 is 4.84 Å². The first kappa shape index (κ1) is 17.2. The van der Waals surface area contributed by atoms with Crippen LogP contribution in [0.3, 0.4) is 0 Å². The minimum atomic E-state index is -0.198. The molecular formula is C13H27NOS2. The van der Waals surface area contributed by atoms with Gasteiger partial charge in [-0.1, -0.05) is 32.9 Å². The minimum absolute atomic E-state index is 0.198. The zero-order chi connectivity index (χ0) is 13.5. The molecule has 0 spiro atoms. The lowest BCUT2D eigenvalue weighted by Crippen LogP contribution is -2.19. The van der Waals surface area contributed by atoms with Gasteiger partial charge in [-0.15, -0.1) is 0 Å². The molecule has 0 aliphatic rings. The zero-order valence-electron chi connectivity index (χ0n) is 12.2. The van der Waals surface area contributed by atoms with E-state index in [-0.39, 0.29) is 5.60 Å². The summed E-state index contributed by atoms with van der Waals surface area (Å²) in [6.45, 7) is 14.9.